The van der Waals surface area contributed by atoms with Gasteiger partial charge in [0.05, 0.1) is 6.04 Å². The number of likely N-dealkylation sites (N-methyl/N-ethyl adjacent to an activating group) is 1. The molecule has 5 rings (SSSR count). The zero-order chi connectivity index (χ0) is 22.3. The SMILES string of the molecule is CC[C@H](NC)C(=O)N[C@@H]1C(=O)N2C[C@]3(CCCCC13)[C@@H]1CN(CCc3ccccc3)C[C@@H]12. The third-order valence-corrected chi connectivity index (χ3v) is 9.00. The fourth-order valence-corrected chi connectivity index (χ4v) is 7.39. The Labute approximate surface area is 192 Å². The Morgan fingerprint density at radius 1 is 1.19 bits per heavy atom. The lowest BCUT2D eigenvalue weighted by atomic mass is 9.57. The summed E-state index contributed by atoms with van der Waals surface area (Å²) in [6.07, 6.45) is 6.47. The van der Waals surface area contributed by atoms with E-state index in [1.54, 1.807) is 0 Å². The predicted molar refractivity (Wildman–Crippen MR) is 125 cm³/mol. The Morgan fingerprint density at radius 2 is 2.00 bits per heavy atom. The van der Waals surface area contributed by atoms with E-state index >= 15 is 0 Å². The monoisotopic (exact) mass is 438 g/mol. The smallest absolute Gasteiger partial charge is 0.245 e. The highest BCUT2D eigenvalue weighted by molar-refractivity contribution is 5.91. The summed E-state index contributed by atoms with van der Waals surface area (Å²) in [5, 5.41) is 6.30. The van der Waals surface area contributed by atoms with Gasteiger partial charge in [-0.1, -0.05) is 50.1 Å². The fraction of sp³-hybridized carbons (Fsp3) is 0.692. The third-order valence-electron chi connectivity index (χ3n) is 9.00. The second-order valence-electron chi connectivity index (χ2n) is 10.5. The molecule has 0 radical (unpaired) electrons. The summed E-state index contributed by atoms with van der Waals surface area (Å²) in [6, 6.07) is 10.4. The topological polar surface area (TPSA) is 64.7 Å². The van der Waals surface area contributed by atoms with Gasteiger partial charge in [0.25, 0.3) is 0 Å². The van der Waals surface area contributed by atoms with E-state index in [0.29, 0.717) is 12.0 Å². The first-order valence-corrected chi connectivity index (χ1v) is 12.6. The van der Waals surface area contributed by atoms with Crippen molar-refractivity contribution >= 4 is 11.8 Å². The number of nitrogens with zero attached hydrogens (tertiary/aromatic N) is 2. The van der Waals surface area contributed by atoms with Crippen LogP contribution in [0.5, 0.6) is 0 Å². The normalized spacial score (nSPS) is 34.8. The van der Waals surface area contributed by atoms with Crippen LogP contribution in [0.25, 0.3) is 0 Å². The molecule has 2 amide bonds. The van der Waals surface area contributed by atoms with Crippen LogP contribution in [0.4, 0.5) is 0 Å². The van der Waals surface area contributed by atoms with Gasteiger partial charge in [0.1, 0.15) is 6.04 Å². The van der Waals surface area contributed by atoms with Crippen molar-refractivity contribution in [1.82, 2.24) is 20.4 Å². The lowest BCUT2D eigenvalue weighted by Crippen LogP contribution is -2.64. The lowest BCUT2D eigenvalue weighted by molar-refractivity contribution is -0.146. The van der Waals surface area contributed by atoms with Crippen LogP contribution in [0.15, 0.2) is 30.3 Å². The van der Waals surface area contributed by atoms with Crippen LogP contribution in [0, 0.1) is 17.3 Å². The maximum Gasteiger partial charge on any atom is 0.245 e. The van der Waals surface area contributed by atoms with Gasteiger partial charge in [-0.05, 0) is 49.6 Å². The number of carbonyl (C=O) groups is 2. The average molecular weight is 439 g/mol. The van der Waals surface area contributed by atoms with Crippen molar-refractivity contribution < 1.29 is 9.59 Å². The van der Waals surface area contributed by atoms with Crippen LogP contribution in [0.3, 0.4) is 0 Å². The van der Waals surface area contributed by atoms with Crippen LogP contribution in [-0.2, 0) is 16.0 Å². The molecular weight excluding hydrogens is 400 g/mol. The van der Waals surface area contributed by atoms with Gasteiger partial charge in [-0.25, -0.2) is 0 Å². The van der Waals surface area contributed by atoms with E-state index in [1.165, 1.54) is 24.8 Å². The Hall–Kier alpha value is -1.92. The number of fused-ring (bicyclic) bond motifs is 3. The average Bonchev–Trinajstić information content (AvgIpc) is 3.35. The zero-order valence-corrected chi connectivity index (χ0v) is 19.6. The number of nitrogens with one attached hydrogen (secondary N) is 2. The van der Waals surface area contributed by atoms with Crippen molar-refractivity contribution in [3.63, 3.8) is 0 Å². The number of hydrogen-bond donors (Lipinski definition) is 2. The Balaban J connectivity index is 1.34. The molecule has 174 valence electrons. The minimum atomic E-state index is -0.345. The molecule has 1 unspecified atom stereocenters. The largest absolute Gasteiger partial charge is 0.343 e. The molecule has 3 saturated heterocycles. The first-order valence-electron chi connectivity index (χ1n) is 12.6. The minimum Gasteiger partial charge on any atom is -0.343 e. The highest BCUT2D eigenvalue weighted by Crippen LogP contribution is 2.59. The molecule has 1 saturated carbocycles. The second kappa shape index (κ2) is 8.79. The second-order valence-corrected chi connectivity index (χ2v) is 10.5. The van der Waals surface area contributed by atoms with E-state index in [9.17, 15) is 9.59 Å². The molecule has 2 bridgehead atoms. The molecule has 1 spiro atoms. The van der Waals surface area contributed by atoms with E-state index in [4.69, 9.17) is 0 Å². The van der Waals surface area contributed by atoms with Gasteiger partial charge in [0.15, 0.2) is 0 Å². The van der Waals surface area contributed by atoms with E-state index in [1.807, 2.05) is 14.0 Å². The Morgan fingerprint density at radius 3 is 2.75 bits per heavy atom. The number of carbonyl (C=O) groups excluding carboxylic acids is 2. The summed E-state index contributed by atoms with van der Waals surface area (Å²) < 4.78 is 0. The summed E-state index contributed by atoms with van der Waals surface area (Å²) in [4.78, 5) is 31.3. The highest BCUT2D eigenvalue weighted by Gasteiger charge is 2.66. The third kappa shape index (κ3) is 3.56. The molecule has 3 heterocycles. The predicted octanol–water partition coefficient (Wildman–Crippen LogP) is 2.04. The lowest BCUT2D eigenvalue weighted by Gasteiger charge is -2.51. The zero-order valence-electron chi connectivity index (χ0n) is 19.6. The molecule has 4 fully saturated rings. The van der Waals surface area contributed by atoms with E-state index in [0.717, 1.165) is 45.4 Å². The van der Waals surface area contributed by atoms with Crippen molar-refractivity contribution in [3.05, 3.63) is 35.9 Å². The van der Waals surface area contributed by atoms with Crippen LogP contribution in [0.1, 0.15) is 44.6 Å². The number of benzene rings is 1. The maximum absolute atomic E-state index is 13.7. The number of amides is 2. The molecule has 6 nitrogen and oxygen atoms in total. The number of rotatable bonds is 7. The van der Waals surface area contributed by atoms with E-state index in [-0.39, 0.29) is 35.2 Å². The first-order chi connectivity index (χ1) is 15.6. The molecule has 1 aromatic carbocycles. The van der Waals surface area contributed by atoms with Gasteiger partial charge in [-0.3, -0.25) is 9.59 Å². The van der Waals surface area contributed by atoms with Crippen molar-refractivity contribution in [1.29, 1.82) is 0 Å². The number of hydrogen-bond acceptors (Lipinski definition) is 4. The van der Waals surface area contributed by atoms with Gasteiger partial charge in [0.2, 0.25) is 11.8 Å². The molecule has 1 aromatic rings. The molecular formula is C26H38N4O2. The minimum absolute atomic E-state index is 0.0220. The van der Waals surface area contributed by atoms with Crippen molar-refractivity contribution in [2.75, 3.05) is 33.2 Å². The van der Waals surface area contributed by atoms with Crippen LogP contribution < -0.4 is 10.6 Å². The molecule has 6 heteroatoms. The first kappa shape index (κ1) is 21.9. The van der Waals surface area contributed by atoms with Crippen LogP contribution in [0.2, 0.25) is 0 Å². The van der Waals surface area contributed by atoms with E-state index in [2.05, 4.69) is 50.8 Å². The summed E-state index contributed by atoms with van der Waals surface area (Å²) in [6.45, 7) is 6.04. The van der Waals surface area contributed by atoms with Crippen molar-refractivity contribution in [3.8, 4) is 0 Å². The standard InChI is InChI=1S/C26H38N4O2/c1-3-21(27-2)24(31)28-23-19-11-7-8-13-26(19)17-30(25(23)32)22-16-29(15-20(22)26)14-12-18-9-5-4-6-10-18/h4-6,9-10,19-23,27H,3,7-8,11-17H2,1-2H3,(H,28,31)/t19?,20-,21+,22+,23+,26+/m1/s1. The van der Waals surface area contributed by atoms with Gasteiger partial charge in [-0.15, -0.1) is 0 Å². The van der Waals surface area contributed by atoms with Crippen molar-refractivity contribution in [2.45, 2.75) is 63.6 Å². The van der Waals surface area contributed by atoms with Crippen molar-refractivity contribution in [2.24, 2.45) is 17.3 Å². The van der Waals surface area contributed by atoms with Gasteiger partial charge >= 0.3 is 0 Å². The summed E-state index contributed by atoms with van der Waals surface area (Å²) in [5.74, 6) is 0.971. The van der Waals surface area contributed by atoms with Gasteiger partial charge in [-0.2, -0.15) is 0 Å². The molecule has 3 aliphatic heterocycles. The molecule has 32 heavy (non-hydrogen) atoms. The molecule has 6 atom stereocenters. The molecule has 1 aliphatic carbocycles. The summed E-state index contributed by atoms with van der Waals surface area (Å²) in [7, 11) is 1.82. The molecule has 0 aromatic heterocycles. The number of likely N-dealkylation sites (tertiary alicyclic amines) is 1. The van der Waals surface area contributed by atoms with Gasteiger partial charge < -0.3 is 20.4 Å². The quantitative estimate of drug-likeness (QED) is 0.684. The highest BCUT2D eigenvalue weighted by atomic mass is 16.2. The fourth-order valence-electron chi connectivity index (χ4n) is 7.39. The molecule has 4 aliphatic rings. The van der Waals surface area contributed by atoms with Crippen LogP contribution >= 0.6 is 0 Å². The summed E-state index contributed by atoms with van der Waals surface area (Å²) >= 11 is 0. The number of piperidine rings is 1. The van der Waals surface area contributed by atoms with Gasteiger partial charge in [0, 0.05) is 38.1 Å². The maximum atomic E-state index is 13.7. The Kier molecular flexibility index (Phi) is 6.01. The molecule has 2 N–H and O–H groups in total. The van der Waals surface area contributed by atoms with E-state index < -0.39 is 0 Å². The summed E-state index contributed by atoms with van der Waals surface area (Å²) in [5.41, 5.74) is 1.56. The van der Waals surface area contributed by atoms with Crippen LogP contribution in [-0.4, -0.2) is 73.0 Å². The Bertz CT molecular complexity index is 841.